The third-order valence-electron chi connectivity index (χ3n) is 2.86. The van der Waals surface area contributed by atoms with Gasteiger partial charge < -0.3 is 9.47 Å². The standard InChI is InChI=1S/C17H19NO3S/c1-3-10-21-17-13(6-5-7-16(17)20-4-2)8-9-15(19)14-11-22-12-18-14/h5-9,11-12H,3-4,10H2,1-2H3/b9-8+. The molecule has 0 N–H and O–H groups in total. The number of carbonyl (C=O) groups excluding carboxylic acids is 1. The second-order valence-corrected chi connectivity index (χ2v) is 5.25. The van der Waals surface area contributed by atoms with Gasteiger partial charge >= 0.3 is 0 Å². The van der Waals surface area contributed by atoms with E-state index < -0.39 is 0 Å². The number of ketones is 1. The first-order chi connectivity index (χ1) is 10.8. The first-order valence-corrected chi connectivity index (χ1v) is 8.19. The van der Waals surface area contributed by atoms with Crippen molar-refractivity contribution in [1.29, 1.82) is 0 Å². The predicted molar refractivity (Wildman–Crippen MR) is 88.9 cm³/mol. The van der Waals surface area contributed by atoms with Crippen LogP contribution in [0.3, 0.4) is 0 Å². The molecule has 1 aromatic heterocycles. The Balaban J connectivity index is 2.25. The molecule has 0 fully saturated rings. The molecule has 2 rings (SSSR count). The maximum atomic E-state index is 12.0. The number of ether oxygens (including phenoxy) is 2. The number of aromatic nitrogens is 1. The molecule has 0 unspecified atom stereocenters. The number of carbonyl (C=O) groups is 1. The average molecular weight is 317 g/mol. The highest BCUT2D eigenvalue weighted by molar-refractivity contribution is 7.07. The molecule has 0 amide bonds. The predicted octanol–water partition coefficient (Wildman–Crippen LogP) is 4.23. The zero-order chi connectivity index (χ0) is 15.8. The molecule has 0 bridgehead atoms. The molecule has 0 radical (unpaired) electrons. The smallest absolute Gasteiger partial charge is 0.205 e. The highest BCUT2D eigenvalue weighted by Crippen LogP contribution is 2.32. The summed E-state index contributed by atoms with van der Waals surface area (Å²) in [7, 11) is 0. The second kappa shape index (κ2) is 8.34. The van der Waals surface area contributed by atoms with Crippen molar-refractivity contribution >= 4 is 23.2 Å². The Hall–Kier alpha value is -2.14. The van der Waals surface area contributed by atoms with Crippen LogP contribution in [0.1, 0.15) is 36.3 Å². The summed E-state index contributed by atoms with van der Waals surface area (Å²) in [5.74, 6) is 1.25. The van der Waals surface area contributed by atoms with Crippen molar-refractivity contribution in [2.24, 2.45) is 0 Å². The number of hydrogen-bond donors (Lipinski definition) is 0. The lowest BCUT2D eigenvalue weighted by Crippen LogP contribution is -2.02. The molecule has 4 nitrogen and oxygen atoms in total. The van der Waals surface area contributed by atoms with E-state index in [0.29, 0.717) is 30.4 Å². The molecule has 116 valence electrons. The largest absolute Gasteiger partial charge is 0.490 e. The van der Waals surface area contributed by atoms with Gasteiger partial charge in [-0.15, -0.1) is 11.3 Å². The number of nitrogens with zero attached hydrogens (tertiary/aromatic N) is 1. The fourth-order valence-electron chi connectivity index (χ4n) is 1.88. The van der Waals surface area contributed by atoms with Crippen molar-refractivity contribution in [3.8, 4) is 11.5 Å². The van der Waals surface area contributed by atoms with Crippen molar-refractivity contribution < 1.29 is 14.3 Å². The van der Waals surface area contributed by atoms with E-state index in [-0.39, 0.29) is 5.78 Å². The maximum Gasteiger partial charge on any atom is 0.205 e. The van der Waals surface area contributed by atoms with E-state index in [1.54, 1.807) is 17.0 Å². The highest BCUT2D eigenvalue weighted by Gasteiger charge is 2.10. The second-order valence-electron chi connectivity index (χ2n) is 4.53. The van der Waals surface area contributed by atoms with E-state index in [0.717, 1.165) is 12.0 Å². The number of benzene rings is 1. The Morgan fingerprint density at radius 1 is 1.32 bits per heavy atom. The van der Waals surface area contributed by atoms with E-state index in [1.807, 2.05) is 32.0 Å². The van der Waals surface area contributed by atoms with Gasteiger partial charge in [0.1, 0.15) is 5.69 Å². The van der Waals surface area contributed by atoms with Crippen LogP contribution < -0.4 is 9.47 Å². The van der Waals surface area contributed by atoms with Crippen LogP contribution in [0, 0.1) is 0 Å². The van der Waals surface area contributed by atoms with Gasteiger partial charge in [-0.2, -0.15) is 0 Å². The summed E-state index contributed by atoms with van der Waals surface area (Å²) in [5.41, 5.74) is 2.92. The molecule has 1 heterocycles. The zero-order valence-corrected chi connectivity index (χ0v) is 13.6. The van der Waals surface area contributed by atoms with Crippen molar-refractivity contribution in [2.75, 3.05) is 13.2 Å². The molecule has 0 aliphatic carbocycles. The monoisotopic (exact) mass is 317 g/mol. The Morgan fingerprint density at radius 3 is 2.86 bits per heavy atom. The molecular weight excluding hydrogens is 298 g/mol. The van der Waals surface area contributed by atoms with Crippen LogP contribution in [0.4, 0.5) is 0 Å². The molecule has 0 aliphatic rings. The van der Waals surface area contributed by atoms with Crippen molar-refractivity contribution in [1.82, 2.24) is 4.98 Å². The molecule has 1 aromatic carbocycles. The summed E-state index contributed by atoms with van der Waals surface area (Å²) >= 11 is 1.40. The van der Waals surface area contributed by atoms with Gasteiger partial charge in [0.05, 0.1) is 18.7 Å². The Morgan fingerprint density at radius 2 is 2.18 bits per heavy atom. The third kappa shape index (κ3) is 4.18. The molecule has 0 saturated carbocycles. The number of allylic oxidation sites excluding steroid dienone is 1. The van der Waals surface area contributed by atoms with Gasteiger partial charge in [-0.05, 0) is 31.6 Å². The number of hydrogen-bond acceptors (Lipinski definition) is 5. The Kier molecular flexibility index (Phi) is 6.15. The van der Waals surface area contributed by atoms with Gasteiger partial charge in [0.25, 0.3) is 0 Å². The molecule has 0 spiro atoms. The average Bonchev–Trinajstić information content (AvgIpc) is 3.06. The highest BCUT2D eigenvalue weighted by atomic mass is 32.1. The fourth-order valence-corrected chi connectivity index (χ4v) is 2.42. The van der Waals surface area contributed by atoms with Crippen LogP contribution >= 0.6 is 11.3 Å². The minimum absolute atomic E-state index is 0.121. The van der Waals surface area contributed by atoms with Crippen LogP contribution in [0.25, 0.3) is 6.08 Å². The minimum Gasteiger partial charge on any atom is -0.490 e. The lowest BCUT2D eigenvalue weighted by molar-refractivity contribution is 0.104. The lowest BCUT2D eigenvalue weighted by atomic mass is 10.1. The van der Waals surface area contributed by atoms with Crippen LogP contribution in [0.5, 0.6) is 11.5 Å². The Bertz CT molecular complexity index is 635. The van der Waals surface area contributed by atoms with E-state index in [4.69, 9.17) is 9.47 Å². The summed E-state index contributed by atoms with van der Waals surface area (Å²) in [6, 6.07) is 5.66. The van der Waals surface area contributed by atoms with Gasteiger partial charge in [-0.3, -0.25) is 4.79 Å². The van der Waals surface area contributed by atoms with Crippen LogP contribution in [-0.4, -0.2) is 24.0 Å². The lowest BCUT2D eigenvalue weighted by Gasteiger charge is -2.13. The quantitative estimate of drug-likeness (QED) is 0.540. The van der Waals surface area contributed by atoms with Gasteiger partial charge in [0.2, 0.25) is 5.78 Å². The first kappa shape index (κ1) is 16.2. The molecule has 0 saturated heterocycles. The topological polar surface area (TPSA) is 48.4 Å². The van der Waals surface area contributed by atoms with Gasteiger partial charge in [-0.25, -0.2) is 4.98 Å². The number of para-hydroxylation sites is 1. The van der Waals surface area contributed by atoms with Gasteiger partial charge in [0, 0.05) is 10.9 Å². The summed E-state index contributed by atoms with van der Waals surface area (Å²) in [5, 5.41) is 1.73. The van der Waals surface area contributed by atoms with Crippen LogP contribution in [0.15, 0.2) is 35.2 Å². The number of thiazole rings is 1. The zero-order valence-electron chi connectivity index (χ0n) is 12.7. The minimum atomic E-state index is -0.121. The molecule has 0 atom stereocenters. The van der Waals surface area contributed by atoms with Gasteiger partial charge in [0.15, 0.2) is 11.5 Å². The SMILES string of the molecule is CCCOc1c(/C=C/C(=O)c2cscn2)cccc1OCC. The molecule has 0 aliphatic heterocycles. The van der Waals surface area contributed by atoms with E-state index in [2.05, 4.69) is 4.98 Å². The summed E-state index contributed by atoms with van der Waals surface area (Å²) in [6.45, 7) is 5.14. The molecule has 22 heavy (non-hydrogen) atoms. The van der Waals surface area contributed by atoms with Gasteiger partial charge in [-0.1, -0.05) is 19.1 Å². The van der Waals surface area contributed by atoms with Crippen molar-refractivity contribution in [3.63, 3.8) is 0 Å². The molecule has 5 heteroatoms. The summed E-state index contributed by atoms with van der Waals surface area (Å²) in [6.07, 6.45) is 4.16. The normalized spacial score (nSPS) is 10.8. The van der Waals surface area contributed by atoms with E-state index in [9.17, 15) is 4.79 Å². The van der Waals surface area contributed by atoms with Crippen molar-refractivity contribution in [2.45, 2.75) is 20.3 Å². The fraction of sp³-hybridized carbons (Fsp3) is 0.294. The number of rotatable bonds is 8. The third-order valence-corrected chi connectivity index (χ3v) is 3.45. The van der Waals surface area contributed by atoms with Crippen LogP contribution in [0.2, 0.25) is 0 Å². The Labute approximate surface area is 134 Å². The van der Waals surface area contributed by atoms with Crippen LogP contribution in [-0.2, 0) is 0 Å². The summed E-state index contributed by atoms with van der Waals surface area (Å²) < 4.78 is 11.4. The van der Waals surface area contributed by atoms with E-state index >= 15 is 0 Å². The first-order valence-electron chi connectivity index (χ1n) is 7.25. The van der Waals surface area contributed by atoms with Crippen molar-refractivity contribution in [3.05, 3.63) is 46.4 Å². The summed E-state index contributed by atoms with van der Waals surface area (Å²) in [4.78, 5) is 16.0. The maximum absolute atomic E-state index is 12.0. The molecular formula is C17H19NO3S. The van der Waals surface area contributed by atoms with E-state index in [1.165, 1.54) is 17.4 Å². The molecule has 2 aromatic rings.